The molecule has 2 atom stereocenters. The van der Waals surface area contributed by atoms with Crippen LogP contribution in [0.25, 0.3) is 10.9 Å². The van der Waals surface area contributed by atoms with Gasteiger partial charge in [-0.15, -0.1) is 0 Å². The van der Waals surface area contributed by atoms with Gasteiger partial charge in [0, 0.05) is 42.8 Å². The fraction of sp³-hybridized carbons (Fsp3) is 0.400. The standard InChI is InChI=1S/C20H19F3N4O3/c21-20(22,23)13-8-14(26-17(28)5-6-18(29)30)11-27(10-13)16-4-3-12(9-24)19-15(16)2-1-7-25-19/h1-4,7,13-14H,5-6,8,10-11H2,(H,26,28)(H,29,30)/t13-,14+/m1/s1. The molecular formula is C20H19F3N4O3. The first kappa shape index (κ1) is 21.4. The molecule has 1 aliphatic rings. The summed E-state index contributed by atoms with van der Waals surface area (Å²) in [5, 5.41) is 21.0. The normalized spacial score (nSPS) is 19.3. The molecule has 0 unspecified atom stereocenters. The van der Waals surface area contributed by atoms with Gasteiger partial charge in [-0.25, -0.2) is 0 Å². The number of alkyl halides is 3. The zero-order chi connectivity index (χ0) is 21.9. The van der Waals surface area contributed by atoms with Gasteiger partial charge in [-0.2, -0.15) is 18.4 Å². The van der Waals surface area contributed by atoms with E-state index in [1.54, 1.807) is 18.2 Å². The second-order valence-corrected chi connectivity index (χ2v) is 7.18. The Bertz CT molecular complexity index is 1000. The number of hydrogen-bond donors (Lipinski definition) is 2. The number of anilines is 1. The van der Waals surface area contributed by atoms with E-state index in [2.05, 4.69) is 10.3 Å². The maximum absolute atomic E-state index is 13.6. The monoisotopic (exact) mass is 420 g/mol. The summed E-state index contributed by atoms with van der Waals surface area (Å²) in [4.78, 5) is 28.3. The number of aromatic nitrogens is 1. The van der Waals surface area contributed by atoms with Gasteiger partial charge < -0.3 is 15.3 Å². The molecule has 0 saturated carbocycles. The van der Waals surface area contributed by atoms with Crippen LogP contribution >= 0.6 is 0 Å². The molecule has 1 saturated heterocycles. The third-order valence-corrected chi connectivity index (χ3v) is 5.05. The molecule has 1 fully saturated rings. The van der Waals surface area contributed by atoms with Crippen LogP contribution in [0.3, 0.4) is 0 Å². The van der Waals surface area contributed by atoms with E-state index in [0.29, 0.717) is 22.2 Å². The minimum absolute atomic E-state index is 0.126. The van der Waals surface area contributed by atoms with Crippen LogP contribution < -0.4 is 10.2 Å². The van der Waals surface area contributed by atoms with E-state index in [-0.39, 0.29) is 25.9 Å². The zero-order valence-electron chi connectivity index (χ0n) is 15.8. The highest BCUT2D eigenvalue weighted by molar-refractivity contribution is 5.95. The second-order valence-electron chi connectivity index (χ2n) is 7.18. The number of benzene rings is 1. The quantitative estimate of drug-likeness (QED) is 0.771. The van der Waals surface area contributed by atoms with Crippen LogP contribution in [0.2, 0.25) is 0 Å². The molecule has 2 aromatic rings. The number of aliphatic carboxylic acids is 1. The number of carboxylic acid groups (broad SMARTS) is 1. The van der Waals surface area contributed by atoms with Gasteiger partial charge in [0.2, 0.25) is 5.91 Å². The Morgan fingerprint density at radius 1 is 1.27 bits per heavy atom. The molecule has 3 rings (SSSR count). The predicted molar refractivity (Wildman–Crippen MR) is 102 cm³/mol. The van der Waals surface area contributed by atoms with E-state index >= 15 is 0 Å². The van der Waals surface area contributed by atoms with Crippen molar-refractivity contribution in [1.29, 1.82) is 5.26 Å². The van der Waals surface area contributed by atoms with E-state index in [1.807, 2.05) is 6.07 Å². The van der Waals surface area contributed by atoms with Gasteiger partial charge in [0.1, 0.15) is 6.07 Å². The Labute approximate surface area is 170 Å². The molecule has 1 aliphatic heterocycles. The summed E-state index contributed by atoms with van der Waals surface area (Å²) < 4.78 is 40.7. The molecule has 0 aliphatic carbocycles. The number of carbonyl (C=O) groups is 2. The van der Waals surface area contributed by atoms with Crippen molar-refractivity contribution in [2.45, 2.75) is 31.5 Å². The van der Waals surface area contributed by atoms with Gasteiger partial charge in [0.15, 0.2) is 0 Å². The smallest absolute Gasteiger partial charge is 0.393 e. The van der Waals surface area contributed by atoms with Crippen LogP contribution in [0.4, 0.5) is 18.9 Å². The molecule has 1 amide bonds. The highest BCUT2D eigenvalue weighted by Gasteiger charge is 2.45. The molecule has 10 heteroatoms. The van der Waals surface area contributed by atoms with Gasteiger partial charge in [0.25, 0.3) is 0 Å². The Kier molecular flexibility index (Phi) is 6.10. The number of piperidine rings is 1. The van der Waals surface area contributed by atoms with Crippen LogP contribution in [0.1, 0.15) is 24.8 Å². The molecule has 0 radical (unpaired) electrons. The fourth-order valence-corrected chi connectivity index (χ4v) is 3.68. The lowest BCUT2D eigenvalue weighted by Gasteiger charge is -2.40. The van der Waals surface area contributed by atoms with Crippen LogP contribution in [0.15, 0.2) is 30.5 Å². The molecule has 30 heavy (non-hydrogen) atoms. The van der Waals surface area contributed by atoms with E-state index in [4.69, 9.17) is 5.11 Å². The predicted octanol–water partition coefficient (Wildman–Crippen LogP) is 2.84. The summed E-state index contributed by atoms with van der Waals surface area (Å²) >= 11 is 0. The molecule has 7 nitrogen and oxygen atoms in total. The number of halogens is 3. The summed E-state index contributed by atoms with van der Waals surface area (Å²) in [7, 11) is 0. The van der Waals surface area contributed by atoms with E-state index in [9.17, 15) is 28.0 Å². The van der Waals surface area contributed by atoms with Gasteiger partial charge in [-0.05, 0) is 30.7 Å². The molecule has 0 spiro atoms. The van der Waals surface area contributed by atoms with Crippen molar-refractivity contribution < 1.29 is 27.9 Å². The molecular weight excluding hydrogens is 401 g/mol. The lowest BCUT2D eigenvalue weighted by Crippen LogP contribution is -2.54. The highest BCUT2D eigenvalue weighted by atomic mass is 19.4. The minimum Gasteiger partial charge on any atom is -0.481 e. The molecule has 1 aromatic carbocycles. The van der Waals surface area contributed by atoms with Gasteiger partial charge in [-0.1, -0.05) is 0 Å². The average molecular weight is 420 g/mol. The van der Waals surface area contributed by atoms with Crippen LogP contribution in [-0.4, -0.2) is 47.3 Å². The third kappa shape index (κ3) is 4.79. The summed E-state index contributed by atoms with van der Waals surface area (Å²) in [5.74, 6) is -3.42. The number of carbonyl (C=O) groups excluding carboxylic acids is 1. The molecule has 2 heterocycles. The van der Waals surface area contributed by atoms with E-state index < -0.39 is 36.4 Å². The molecule has 2 N–H and O–H groups in total. The van der Waals surface area contributed by atoms with Crippen molar-refractivity contribution in [3.8, 4) is 6.07 Å². The Balaban J connectivity index is 1.90. The first-order chi connectivity index (χ1) is 14.2. The number of amides is 1. The number of hydrogen-bond acceptors (Lipinski definition) is 5. The van der Waals surface area contributed by atoms with Crippen LogP contribution in [-0.2, 0) is 9.59 Å². The summed E-state index contributed by atoms with van der Waals surface area (Å²) in [5.41, 5.74) is 1.21. The summed E-state index contributed by atoms with van der Waals surface area (Å²) in [6.07, 6.45) is -3.93. The SMILES string of the molecule is N#Cc1ccc(N2C[C@@H](NC(=O)CCC(=O)O)C[C@@H](C(F)(F)F)C2)c2cccnc12. The number of nitrogens with one attached hydrogen (secondary N) is 1. The Morgan fingerprint density at radius 3 is 2.70 bits per heavy atom. The number of rotatable bonds is 5. The number of carboxylic acids is 1. The summed E-state index contributed by atoms with van der Waals surface area (Å²) in [6, 6.07) is 7.66. The van der Waals surface area contributed by atoms with Gasteiger partial charge >= 0.3 is 12.1 Å². The number of nitrogens with zero attached hydrogens (tertiary/aromatic N) is 3. The zero-order valence-corrected chi connectivity index (χ0v) is 15.8. The van der Waals surface area contributed by atoms with Crippen molar-refractivity contribution in [2.75, 3.05) is 18.0 Å². The maximum atomic E-state index is 13.6. The third-order valence-electron chi connectivity index (χ3n) is 5.05. The first-order valence-electron chi connectivity index (χ1n) is 9.29. The van der Waals surface area contributed by atoms with Crippen LogP contribution in [0, 0.1) is 17.2 Å². The topological polar surface area (TPSA) is 106 Å². The van der Waals surface area contributed by atoms with Crippen LogP contribution in [0.5, 0.6) is 0 Å². The molecule has 158 valence electrons. The lowest BCUT2D eigenvalue weighted by molar-refractivity contribution is -0.178. The molecule has 1 aromatic heterocycles. The van der Waals surface area contributed by atoms with Crippen molar-refractivity contribution in [3.05, 3.63) is 36.0 Å². The first-order valence-corrected chi connectivity index (χ1v) is 9.29. The number of fused-ring (bicyclic) bond motifs is 1. The number of nitriles is 1. The van der Waals surface area contributed by atoms with Crippen molar-refractivity contribution in [3.63, 3.8) is 0 Å². The highest BCUT2D eigenvalue weighted by Crippen LogP contribution is 2.37. The molecule has 0 bridgehead atoms. The Hall–Kier alpha value is -3.35. The lowest BCUT2D eigenvalue weighted by atomic mass is 9.92. The van der Waals surface area contributed by atoms with E-state index in [0.717, 1.165) is 0 Å². The minimum atomic E-state index is -4.45. The second kappa shape index (κ2) is 8.57. The largest absolute Gasteiger partial charge is 0.481 e. The van der Waals surface area contributed by atoms with E-state index in [1.165, 1.54) is 17.2 Å². The van der Waals surface area contributed by atoms with Gasteiger partial charge in [0.05, 0.1) is 23.4 Å². The van der Waals surface area contributed by atoms with Crippen molar-refractivity contribution in [1.82, 2.24) is 10.3 Å². The number of pyridine rings is 1. The summed E-state index contributed by atoms with van der Waals surface area (Å²) in [6.45, 7) is -0.165. The average Bonchev–Trinajstić information content (AvgIpc) is 2.70. The van der Waals surface area contributed by atoms with Crippen molar-refractivity contribution in [2.24, 2.45) is 5.92 Å². The Morgan fingerprint density at radius 2 is 2.03 bits per heavy atom. The van der Waals surface area contributed by atoms with Gasteiger partial charge in [-0.3, -0.25) is 14.6 Å². The van der Waals surface area contributed by atoms with Crippen molar-refractivity contribution >= 4 is 28.5 Å². The maximum Gasteiger partial charge on any atom is 0.393 e. The fourth-order valence-electron chi connectivity index (χ4n) is 3.68.